The Labute approximate surface area is 150 Å². The Kier molecular flexibility index (Phi) is 9.18. The molecule has 1 nitrogen and oxygen atoms in total. The molecule has 136 valence electrons. The van der Waals surface area contributed by atoms with Gasteiger partial charge in [-0.25, -0.2) is 0 Å². The molecule has 1 aliphatic carbocycles. The van der Waals surface area contributed by atoms with Gasteiger partial charge in [0, 0.05) is 6.20 Å². The zero-order valence-corrected chi connectivity index (χ0v) is 16.8. The SMILES string of the molecule is CCC(C)/C(C)=C\C=C(/C)C(=CN)/C=C/CC(C)C1CCC(C)C1. The van der Waals surface area contributed by atoms with Crippen molar-refractivity contribution in [2.45, 2.75) is 73.6 Å². The van der Waals surface area contributed by atoms with Crippen LogP contribution in [0.4, 0.5) is 0 Å². The van der Waals surface area contributed by atoms with Gasteiger partial charge in [0.15, 0.2) is 0 Å². The maximum atomic E-state index is 5.85. The van der Waals surface area contributed by atoms with E-state index in [9.17, 15) is 0 Å². The van der Waals surface area contributed by atoms with Gasteiger partial charge in [-0.15, -0.1) is 0 Å². The second-order valence-corrected chi connectivity index (χ2v) is 7.99. The van der Waals surface area contributed by atoms with Crippen molar-refractivity contribution in [3.63, 3.8) is 0 Å². The molecule has 4 atom stereocenters. The molecule has 1 saturated carbocycles. The minimum Gasteiger partial charge on any atom is -0.404 e. The van der Waals surface area contributed by atoms with Crippen LogP contribution in [0, 0.1) is 23.7 Å². The number of nitrogens with two attached hydrogens (primary N) is 1. The van der Waals surface area contributed by atoms with Crippen molar-refractivity contribution in [2.75, 3.05) is 0 Å². The standard InChI is InChI=1S/C23H39N/c1-7-18(3)19(4)12-13-21(6)23(16-24)10-8-9-20(5)22-14-11-17(2)15-22/h8,10,12-13,16-18,20,22H,7,9,11,14-15,24H2,1-6H3/b10-8+,19-12-,21-13+,23-16?. The number of hydrogen-bond acceptors (Lipinski definition) is 1. The Morgan fingerprint density at radius 1 is 1.17 bits per heavy atom. The average molecular weight is 330 g/mol. The fraction of sp³-hybridized carbons (Fsp3) is 0.652. The van der Waals surface area contributed by atoms with Gasteiger partial charge in [0.2, 0.25) is 0 Å². The summed E-state index contributed by atoms with van der Waals surface area (Å²) >= 11 is 0. The van der Waals surface area contributed by atoms with Crippen LogP contribution in [0.5, 0.6) is 0 Å². The van der Waals surface area contributed by atoms with E-state index >= 15 is 0 Å². The molecule has 24 heavy (non-hydrogen) atoms. The van der Waals surface area contributed by atoms with Crippen LogP contribution < -0.4 is 5.73 Å². The third-order valence-electron chi connectivity index (χ3n) is 5.97. The molecule has 0 heterocycles. The van der Waals surface area contributed by atoms with Gasteiger partial charge < -0.3 is 5.73 Å². The Morgan fingerprint density at radius 3 is 2.42 bits per heavy atom. The minimum atomic E-state index is 0.643. The Balaban J connectivity index is 2.60. The van der Waals surface area contributed by atoms with E-state index in [1.54, 1.807) is 6.20 Å². The van der Waals surface area contributed by atoms with Gasteiger partial charge in [0.05, 0.1) is 0 Å². The van der Waals surface area contributed by atoms with Gasteiger partial charge in [0.1, 0.15) is 0 Å². The van der Waals surface area contributed by atoms with Crippen molar-refractivity contribution < 1.29 is 0 Å². The highest BCUT2D eigenvalue weighted by atomic mass is 14.5. The van der Waals surface area contributed by atoms with Crippen molar-refractivity contribution in [3.05, 3.63) is 47.2 Å². The summed E-state index contributed by atoms with van der Waals surface area (Å²) in [5.41, 5.74) is 9.65. The van der Waals surface area contributed by atoms with E-state index in [-0.39, 0.29) is 0 Å². The van der Waals surface area contributed by atoms with Gasteiger partial charge in [-0.05, 0) is 74.3 Å². The topological polar surface area (TPSA) is 26.0 Å². The first-order valence-electron chi connectivity index (χ1n) is 9.82. The van der Waals surface area contributed by atoms with Gasteiger partial charge >= 0.3 is 0 Å². The summed E-state index contributed by atoms with van der Waals surface area (Å²) in [4.78, 5) is 0. The van der Waals surface area contributed by atoms with E-state index in [0.717, 1.165) is 29.7 Å². The van der Waals surface area contributed by atoms with Gasteiger partial charge in [-0.2, -0.15) is 0 Å². The first-order valence-corrected chi connectivity index (χ1v) is 9.82. The fourth-order valence-electron chi connectivity index (χ4n) is 3.53. The van der Waals surface area contributed by atoms with Crippen molar-refractivity contribution in [2.24, 2.45) is 29.4 Å². The Bertz CT molecular complexity index is 492. The molecule has 1 rings (SSSR count). The average Bonchev–Trinajstić information content (AvgIpc) is 3.01. The van der Waals surface area contributed by atoms with Crippen LogP contribution in [-0.2, 0) is 0 Å². The third kappa shape index (κ3) is 6.71. The summed E-state index contributed by atoms with van der Waals surface area (Å²) in [6, 6.07) is 0. The minimum absolute atomic E-state index is 0.643. The molecule has 0 saturated heterocycles. The summed E-state index contributed by atoms with van der Waals surface area (Å²) in [6.45, 7) is 13.7. The van der Waals surface area contributed by atoms with E-state index in [2.05, 4.69) is 65.8 Å². The molecular formula is C23H39N. The highest BCUT2D eigenvalue weighted by molar-refractivity contribution is 5.40. The summed E-state index contributed by atoms with van der Waals surface area (Å²) < 4.78 is 0. The first-order chi connectivity index (χ1) is 11.4. The predicted molar refractivity (Wildman–Crippen MR) is 109 cm³/mol. The summed E-state index contributed by atoms with van der Waals surface area (Å²) in [5.74, 6) is 3.26. The van der Waals surface area contributed by atoms with E-state index in [0.29, 0.717) is 5.92 Å². The summed E-state index contributed by atoms with van der Waals surface area (Å²) in [6.07, 6.45) is 17.3. The molecule has 1 fully saturated rings. The second-order valence-electron chi connectivity index (χ2n) is 7.99. The third-order valence-corrected chi connectivity index (χ3v) is 5.97. The quantitative estimate of drug-likeness (QED) is 0.488. The van der Waals surface area contributed by atoms with Crippen molar-refractivity contribution in [1.29, 1.82) is 0 Å². The maximum Gasteiger partial charge on any atom is 0.00140 e. The molecule has 0 aromatic carbocycles. The Morgan fingerprint density at radius 2 is 1.88 bits per heavy atom. The van der Waals surface area contributed by atoms with E-state index in [1.807, 2.05) is 0 Å². The molecule has 1 heteroatoms. The molecule has 0 aromatic rings. The molecule has 0 spiro atoms. The van der Waals surface area contributed by atoms with Crippen LogP contribution in [0.15, 0.2) is 47.2 Å². The molecule has 4 unspecified atom stereocenters. The molecule has 0 amide bonds. The zero-order chi connectivity index (χ0) is 18.1. The molecule has 0 radical (unpaired) electrons. The van der Waals surface area contributed by atoms with Gasteiger partial charge in [0.25, 0.3) is 0 Å². The van der Waals surface area contributed by atoms with Crippen LogP contribution in [0.2, 0.25) is 0 Å². The number of hydrogen-bond donors (Lipinski definition) is 1. The summed E-state index contributed by atoms with van der Waals surface area (Å²) in [5, 5.41) is 0. The lowest BCUT2D eigenvalue weighted by molar-refractivity contribution is 0.359. The highest BCUT2D eigenvalue weighted by Crippen LogP contribution is 2.36. The van der Waals surface area contributed by atoms with Crippen LogP contribution in [0.25, 0.3) is 0 Å². The van der Waals surface area contributed by atoms with E-state index in [1.165, 1.54) is 36.8 Å². The van der Waals surface area contributed by atoms with E-state index in [4.69, 9.17) is 5.73 Å². The van der Waals surface area contributed by atoms with Crippen LogP contribution in [0.3, 0.4) is 0 Å². The van der Waals surface area contributed by atoms with Crippen molar-refractivity contribution >= 4 is 0 Å². The lowest BCUT2D eigenvalue weighted by atomic mass is 9.89. The van der Waals surface area contributed by atoms with Crippen LogP contribution >= 0.6 is 0 Å². The normalized spacial score (nSPS) is 26.2. The number of allylic oxidation sites excluding steroid dienone is 7. The first kappa shape index (κ1) is 20.8. The van der Waals surface area contributed by atoms with Crippen LogP contribution in [-0.4, -0.2) is 0 Å². The molecule has 2 N–H and O–H groups in total. The molecular weight excluding hydrogens is 290 g/mol. The highest BCUT2D eigenvalue weighted by Gasteiger charge is 2.25. The smallest absolute Gasteiger partial charge is 0.00140 e. The zero-order valence-electron chi connectivity index (χ0n) is 16.8. The lowest BCUT2D eigenvalue weighted by Gasteiger charge is -2.17. The molecule has 1 aliphatic rings. The van der Waals surface area contributed by atoms with Crippen LogP contribution in [0.1, 0.15) is 73.6 Å². The van der Waals surface area contributed by atoms with Gasteiger partial charge in [-0.3, -0.25) is 0 Å². The summed E-state index contributed by atoms with van der Waals surface area (Å²) in [7, 11) is 0. The van der Waals surface area contributed by atoms with Crippen molar-refractivity contribution in [1.82, 2.24) is 0 Å². The largest absolute Gasteiger partial charge is 0.404 e. The molecule has 0 bridgehead atoms. The fourth-order valence-corrected chi connectivity index (χ4v) is 3.53. The van der Waals surface area contributed by atoms with E-state index < -0.39 is 0 Å². The monoisotopic (exact) mass is 329 g/mol. The molecule has 0 aromatic heterocycles. The molecule has 0 aliphatic heterocycles. The lowest BCUT2D eigenvalue weighted by Crippen LogP contribution is -2.07. The predicted octanol–water partition coefficient (Wildman–Crippen LogP) is 6.79. The second kappa shape index (κ2) is 10.6. The Hall–Kier alpha value is -1.24. The van der Waals surface area contributed by atoms with Gasteiger partial charge in [-0.1, -0.05) is 64.0 Å². The maximum absolute atomic E-state index is 5.85. The number of rotatable bonds is 8. The van der Waals surface area contributed by atoms with Crippen molar-refractivity contribution in [3.8, 4) is 0 Å².